The zero-order valence-corrected chi connectivity index (χ0v) is 11.5. The first-order valence-electron chi connectivity index (χ1n) is 6.73. The lowest BCUT2D eigenvalue weighted by Gasteiger charge is -2.14. The molecule has 4 heteroatoms. The Bertz CT molecular complexity index is 465. The molecule has 0 spiro atoms. The van der Waals surface area contributed by atoms with E-state index in [0.717, 1.165) is 31.0 Å². The van der Waals surface area contributed by atoms with E-state index >= 15 is 0 Å². The van der Waals surface area contributed by atoms with Crippen LogP contribution in [0.2, 0.25) is 0 Å². The van der Waals surface area contributed by atoms with Crippen molar-refractivity contribution in [3.05, 3.63) is 48.0 Å². The highest BCUT2D eigenvalue weighted by Gasteiger charge is 2.05. The molecule has 1 atom stereocenters. The summed E-state index contributed by atoms with van der Waals surface area (Å²) in [7, 11) is 0. The molecule has 1 aromatic heterocycles. The Kier molecular flexibility index (Phi) is 4.98. The molecule has 0 radical (unpaired) electrons. The van der Waals surface area contributed by atoms with Gasteiger partial charge in [0.2, 0.25) is 0 Å². The van der Waals surface area contributed by atoms with Gasteiger partial charge in [-0.1, -0.05) is 19.1 Å². The van der Waals surface area contributed by atoms with Gasteiger partial charge in [-0.15, -0.1) is 0 Å². The first-order chi connectivity index (χ1) is 9.29. The summed E-state index contributed by atoms with van der Waals surface area (Å²) in [6.07, 6.45) is 4.56. The van der Waals surface area contributed by atoms with Gasteiger partial charge in [0, 0.05) is 24.5 Å². The molecule has 0 aliphatic heterocycles. The van der Waals surface area contributed by atoms with Crippen LogP contribution in [0.1, 0.15) is 37.6 Å². The first kappa shape index (κ1) is 13.6. The average Bonchev–Trinajstić information content (AvgIpc) is 2.96. The molecular weight excluding hydrogens is 238 g/mol. The van der Waals surface area contributed by atoms with Crippen molar-refractivity contribution in [3.63, 3.8) is 0 Å². The zero-order chi connectivity index (χ0) is 13.5. The van der Waals surface area contributed by atoms with E-state index in [4.69, 9.17) is 4.74 Å². The normalized spacial score (nSPS) is 12.3. The van der Waals surface area contributed by atoms with Crippen LogP contribution in [0.4, 0.5) is 0 Å². The number of rotatable bonds is 7. The molecule has 0 fully saturated rings. The number of hydrogen-bond donors (Lipinski definition) is 2. The van der Waals surface area contributed by atoms with Crippen molar-refractivity contribution >= 4 is 0 Å². The third kappa shape index (κ3) is 4.10. The topological polar surface area (TPSA) is 49.9 Å². The van der Waals surface area contributed by atoms with Crippen LogP contribution in [0.25, 0.3) is 0 Å². The SMILES string of the molecule is CCCOc1ccc(C(C)NCc2cnc[nH]2)cc1. The third-order valence-electron chi connectivity index (χ3n) is 3.01. The minimum atomic E-state index is 0.295. The molecule has 0 saturated heterocycles. The van der Waals surface area contributed by atoms with Crippen molar-refractivity contribution < 1.29 is 4.74 Å². The van der Waals surface area contributed by atoms with Crippen LogP contribution in [0.5, 0.6) is 5.75 Å². The van der Waals surface area contributed by atoms with Crippen molar-refractivity contribution in [2.24, 2.45) is 0 Å². The molecule has 1 unspecified atom stereocenters. The Hall–Kier alpha value is -1.81. The highest BCUT2D eigenvalue weighted by Crippen LogP contribution is 2.18. The molecule has 0 aliphatic carbocycles. The molecule has 1 heterocycles. The van der Waals surface area contributed by atoms with Crippen LogP contribution in [0, 0.1) is 0 Å². The van der Waals surface area contributed by atoms with Crippen LogP contribution in [0.15, 0.2) is 36.8 Å². The molecule has 0 amide bonds. The number of H-pyrrole nitrogens is 1. The predicted molar refractivity (Wildman–Crippen MR) is 76.1 cm³/mol. The maximum Gasteiger partial charge on any atom is 0.119 e. The summed E-state index contributed by atoms with van der Waals surface area (Å²) >= 11 is 0. The van der Waals surface area contributed by atoms with E-state index in [1.54, 1.807) is 6.33 Å². The molecule has 2 rings (SSSR count). The number of nitrogens with one attached hydrogen (secondary N) is 2. The minimum Gasteiger partial charge on any atom is -0.494 e. The molecule has 19 heavy (non-hydrogen) atoms. The lowest BCUT2D eigenvalue weighted by Crippen LogP contribution is -2.18. The van der Waals surface area contributed by atoms with E-state index in [-0.39, 0.29) is 0 Å². The highest BCUT2D eigenvalue weighted by atomic mass is 16.5. The molecule has 0 bridgehead atoms. The van der Waals surface area contributed by atoms with Gasteiger partial charge < -0.3 is 15.0 Å². The van der Waals surface area contributed by atoms with E-state index in [1.807, 2.05) is 18.3 Å². The zero-order valence-electron chi connectivity index (χ0n) is 11.5. The molecule has 2 aromatic rings. The van der Waals surface area contributed by atoms with Crippen LogP contribution < -0.4 is 10.1 Å². The number of imidazole rings is 1. The van der Waals surface area contributed by atoms with Gasteiger partial charge in [0.15, 0.2) is 0 Å². The Balaban J connectivity index is 1.86. The number of benzene rings is 1. The Morgan fingerprint density at radius 1 is 1.32 bits per heavy atom. The molecule has 2 N–H and O–H groups in total. The lowest BCUT2D eigenvalue weighted by molar-refractivity contribution is 0.317. The summed E-state index contributed by atoms with van der Waals surface area (Å²) in [6.45, 7) is 5.82. The highest BCUT2D eigenvalue weighted by molar-refractivity contribution is 5.29. The fourth-order valence-corrected chi connectivity index (χ4v) is 1.83. The number of aromatic amines is 1. The van der Waals surface area contributed by atoms with E-state index in [9.17, 15) is 0 Å². The van der Waals surface area contributed by atoms with Gasteiger partial charge in [-0.2, -0.15) is 0 Å². The number of hydrogen-bond acceptors (Lipinski definition) is 3. The number of nitrogens with zero attached hydrogens (tertiary/aromatic N) is 1. The summed E-state index contributed by atoms with van der Waals surface area (Å²) < 4.78 is 5.58. The standard InChI is InChI=1S/C15H21N3O/c1-3-8-19-15-6-4-13(5-7-15)12(2)17-10-14-9-16-11-18-14/h4-7,9,11-12,17H,3,8,10H2,1-2H3,(H,16,18). The van der Waals surface area contributed by atoms with Crippen LogP contribution in [0.3, 0.4) is 0 Å². The molecule has 0 saturated carbocycles. The largest absolute Gasteiger partial charge is 0.494 e. The number of ether oxygens (including phenoxy) is 1. The fourth-order valence-electron chi connectivity index (χ4n) is 1.83. The third-order valence-corrected chi connectivity index (χ3v) is 3.01. The summed E-state index contributed by atoms with van der Waals surface area (Å²) in [5.74, 6) is 0.936. The maximum absolute atomic E-state index is 5.58. The van der Waals surface area contributed by atoms with Crippen molar-refractivity contribution in [1.29, 1.82) is 0 Å². The van der Waals surface area contributed by atoms with Crippen LogP contribution >= 0.6 is 0 Å². The van der Waals surface area contributed by atoms with Crippen molar-refractivity contribution in [3.8, 4) is 5.75 Å². The molecule has 0 aliphatic rings. The van der Waals surface area contributed by atoms with E-state index < -0.39 is 0 Å². The fraction of sp³-hybridized carbons (Fsp3) is 0.400. The first-order valence-corrected chi connectivity index (χ1v) is 6.73. The second-order valence-electron chi connectivity index (χ2n) is 4.60. The van der Waals surface area contributed by atoms with Gasteiger partial charge in [0.1, 0.15) is 5.75 Å². The number of aromatic nitrogens is 2. The van der Waals surface area contributed by atoms with Crippen LogP contribution in [-0.2, 0) is 6.54 Å². The van der Waals surface area contributed by atoms with Crippen molar-refractivity contribution in [2.75, 3.05) is 6.61 Å². The Morgan fingerprint density at radius 3 is 2.74 bits per heavy atom. The predicted octanol–water partition coefficient (Wildman–Crippen LogP) is 3.05. The maximum atomic E-state index is 5.58. The lowest BCUT2D eigenvalue weighted by atomic mass is 10.1. The summed E-state index contributed by atoms with van der Waals surface area (Å²) in [4.78, 5) is 7.08. The smallest absolute Gasteiger partial charge is 0.119 e. The van der Waals surface area contributed by atoms with Gasteiger partial charge in [-0.25, -0.2) is 4.98 Å². The average molecular weight is 259 g/mol. The van der Waals surface area contributed by atoms with Gasteiger partial charge >= 0.3 is 0 Å². The quantitative estimate of drug-likeness (QED) is 0.803. The Labute approximate surface area is 114 Å². The van der Waals surface area contributed by atoms with Gasteiger partial charge in [-0.3, -0.25) is 0 Å². The molecule has 4 nitrogen and oxygen atoms in total. The van der Waals surface area contributed by atoms with Crippen molar-refractivity contribution in [1.82, 2.24) is 15.3 Å². The van der Waals surface area contributed by atoms with E-state index in [2.05, 4.69) is 41.3 Å². The monoisotopic (exact) mass is 259 g/mol. The van der Waals surface area contributed by atoms with E-state index in [1.165, 1.54) is 5.56 Å². The van der Waals surface area contributed by atoms with Crippen LogP contribution in [-0.4, -0.2) is 16.6 Å². The van der Waals surface area contributed by atoms with Gasteiger partial charge in [-0.05, 0) is 31.0 Å². The second kappa shape index (κ2) is 6.95. The van der Waals surface area contributed by atoms with E-state index in [0.29, 0.717) is 6.04 Å². The van der Waals surface area contributed by atoms with Crippen molar-refractivity contribution in [2.45, 2.75) is 32.9 Å². The second-order valence-corrected chi connectivity index (χ2v) is 4.60. The minimum absolute atomic E-state index is 0.295. The van der Waals surface area contributed by atoms with Gasteiger partial charge in [0.05, 0.1) is 12.9 Å². The summed E-state index contributed by atoms with van der Waals surface area (Å²) in [6, 6.07) is 8.56. The molecule has 1 aromatic carbocycles. The Morgan fingerprint density at radius 2 is 2.11 bits per heavy atom. The molecular formula is C15H21N3O. The summed E-state index contributed by atoms with van der Waals surface area (Å²) in [5, 5.41) is 3.45. The summed E-state index contributed by atoms with van der Waals surface area (Å²) in [5.41, 5.74) is 2.35. The van der Waals surface area contributed by atoms with Gasteiger partial charge in [0.25, 0.3) is 0 Å². The molecule has 102 valence electrons.